The normalized spacial score (nSPS) is 11.9. The molecule has 1 atom stereocenters. The lowest BCUT2D eigenvalue weighted by Crippen LogP contribution is -2.42. The summed E-state index contributed by atoms with van der Waals surface area (Å²) in [6.45, 7) is 0.282. The minimum Gasteiger partial charge on any atom is -0.489 e. The molecule has 0 saturated heterocycles. The number of carboxylic acids is 1. The summed E-state index contributed by atoms with van der Waals surface area (Å²) in [6.07, 6.45) is 0.117. The second-order valence-electron chi connectivity index (χ2n) is 6.02. The first kappa shape index (κ1) is 19.2. The molecule has 1 amide bonds. The zero-order valence-corrected chi connectivity index (χ0v) is 14.8. The molecule has 146 valence electrons. The molecule has 0 aliphatic heterocycles. The van der Waals surface area contributed by atoms with Gasteiger partial charge in [0.2, 0.25) is 0 Å². The molecule has 9 heteroatoms. The van der Waals surface area contributed by atoms with E-state index in [-0.39, 0.29) is 42.0 Å². The highest BCUT2D eigenvalue weighted by atomic mass is 16.5. The number of hydrogen-bond donors (Lipinski definition) is 4. The molecule has 0 aliphatic carbocycles. The summed E-state index contributed by atoms with van der Waals surface area (Å²) in [5.41, 5.74) is 6.72. The van der Waals surface area contributed by atoms with Crippen molar-refractivity contribution in [1.29, 1.82) is 0 Å². The molecule has 3 aromatic rings. The average molecular weight is 385 g/mol. The summed E-state index contributed by atoms with van der Waals surface area (Å²) in [7, 11) is 0. The summed E-state index contributed by atoms with van der Waals surface area (Å²) in [5, 5.41) is 12.0. The van der Waals surface area contributed by atoms with Gasteiger partial charge in [-0.3, -0.25) is 9.78 Å². The Morgan fingerprint density at radius 1 is 1.21 bits per heavy atom. The van der Waals surface area contributed by atoms with Gasteiger partial charge in [-0.15, -0.1) is 0 Å². The zero-order chi connectivity index (χ0) is 20.1. The molecule has 2 aromatic carbocycles. The molecular formula is C19H19N3O6. The van der Waals surface area contributed by atoms with E-state index >= 15 is 0 Å². The molecule has 1 heterocycles. The predicted octanol–water partition coefficient (Wildman–Crippen LogP) is 0.884. The fraction of sp³-hybridized carbons (Fsp3) is 0.211. The van der Waals surface area contributed by atoms with Crippen molar-refractivity contribution < 1.29 is 23.8 Å². The van der Waals surface area contributed by atoms with Crippen LogP contribution < -0.4 is 21.5 Å². The third-order valence-electron chi connectivity index (χ3n) is 4.04. The molecule has 0 spiro atoms. The summed E-state index contributed by atoms with van der Waals surface area (Å²) in [4.78, 5) is 38.3. The van der Waals surface area contributed by atoms with Gasteiger partial charge in [-0.25, -0.2) is 9.59 Å². The van der Waals surface area contributed by atoms with Crippen molar-refractivity contribution >= 4 is 23.0 Å². The molecule has 0 aliphatic rings. The predicted molar refractivity (Wildman–Crippen MR) is 100 cm³/mol. The molecule has 28 heavy (non-hydrogen) atoms. The van der Waals surface area contributed by atoms with Crippen LogP contribution in [0.5, 0.6) is 5.75 Å². The topological polar surface area (TPSA) is 148 Å². The van der Waals surface area contributed by atoms with Crippen molar-refractivity contribution in [2.24, 2.45) is 5.73 Å². The molecule has 0 fully saturated rings. The zero-order valence-electron chi connectivity index (χ0n) is 14.8. The first-order chi connectivity index (χ1) is 13.5. The van der Waals surface area contributed by atoms with Crippen LogP contribution in [0.4, 0.5) is 0 Å². The first-order valence-electron chi connectivity index (χ1n) is 8.56. The van der Waals surface area contributed by atoms with Gasteiger partial charge in [0.05, 0.1) is 5.56 Å². The fourth-order valence-electron chi connectivity index (χ4n) is 2.77. The van der Waals surface area contributed by atoms with Crippen molar-refractivity contribution in [1.82, 2.24) is 10.3 Å². The van der Waals surface area contributed by atoms with Gasteiger partial charge in [0.1, 0.15) is 18.2 Å². The summed E-state index contributed by atoms with van der Waals surface area (Å²) in [5.74, 6) is -2.44. The maximum Gasteiger partial charge on any atom is 0.417 e. The molecule has 0 saturated carbocycles. The summed E-state index contributed by atoms with van der Waals surface area (Å²) in [6, 6.07) is 10.7. The van der Waals surface area contributed by atoms with Crippen LogP contribution >= 0.6 is 0 Å². The van der Waals surface area contributed by atoms with Crippen molar-refractivity contribution in [2.45, 2.75) is 12.5 Å². The Hall–Kier alpha value is -3.59. The number of amides is 1. The van der Waals surface area contributed by atoms with Crippen LogP contribution in [-0.4, -0.2) is 41.2 Å². The molecular weight excluding hydrogens is 366 g/mol. The van der Waals surface area contributed by atoms with Gasteiger partial charge in [0.25, 0.3) is 5.91 Å². The summed E-state index contributed by atoms with van der Waals surface area (Å²) < 4.78 is 10.5. The Kier molecular flexibility index (Phi) is 5.75. The standard InChI is InChI=1S/C19H19N3O6/c20-8-9-27-16-12(6-7-14-15(16)22-19(26)28-14)17(23)21-13(18(24)25)10-11-4-2-1-3-5-11/h1-7,13H,8-10,20H2,(H,21,23)(H,22,26)(H,24,25). The lowest BCUT2D eigenvalue weighted by Gasteiger charge is -2.16. The SMILES string of the molecule is NCCOc1c(C(=O)NC(Cc2ccccc2)C(=O)O)ccc2oc(=O)[nH]c12. The minimum atomic E-state index is -1.17. The van der Waals surface area contributed by atoms with E-state index in [9.17, 15) is 19.5 Å². The number of aliphatic carboxylic acids is 1. The average Bonchev–Trinajstić information content (AvgIpc) is 3.06. The van der Waals surface area contributed by atoms with E-state index in [0.29, 0.717) is 0 Å². The number of aromatic nitrogens is 1. The van der Waals surface area contributed by atoms with E-state index < -0.39 is 23.7 Å². The fourth-order valence-corrected chi connectivity index (χ4v) is 2.77. The van der Waals surface area contributed by atoms with E-state index in [1.54, 1.807) is 24.3 Å². The largest absolute Gasteiger partial charge is 0.489 e. The van der Waals surface area contributed by atoms with E-state index in [1.807, 2.05) is 6.07 Å². The van der Waals surface area contributed by atoms with Crippen LogP contribution in [0.2, 0.25) is 0 Å². The number of ether oxygens (including phenoxy) is 1. The number of nitrogens with one attached hydrogen (secondary N) is 2. The van der Waals surface area contributed by atoms with Crippen molar-refractivity contribution in [2.75, 3.05) is 13.2 Å². The Balaban J connectivity index is 1.90. The molecule has 0 bridgehead atoms. The number of fused-ring (bicyclic) bond motifs is 1. The molecule has 9 nitrogen and oxygen atoms in total. The minimum absolute atomic E-state index is 0.0670. The second-order valence-corrected chi connectivity index (χ2v) is 6.02. The van der Waals surface area contributed by atoms with Gasteiger partial charge in [-0.1, -0.05) is 30.3 Å². The Morgan fingerprint density at radius 2 is 1.96 bits per heavy atom. The lowest BCUT2D eigenvalue weighted by molar-refractivity contribution is -0.139. The van der Waals surface area contributed by atoms with Crippen molar-refractivity contribution in [3.8, 4) is 5.75 Å². The molecule has 1 unspecified atom stereocenters. The van der Waals surface area contributed by atoms with Gasteiger partial charge < -0.3 is 25.3 Å². The van der Waals surface area contributed by atoms with Gasteiger partial charge in [0, 0.05) is 13.0 Å². The molecule has 5 N–H and O–H groups in total. The van der Waals surface area contributed by atoms with Crippen molar-refractivity contribution in [3.63, 3.8) is 0 Å². The van der Waals surface area contributed by atoms with Crippen LogP contribution in [0.25, 0.3) is 11.1 Å². The highest BCUT2D eigenvalue weighted by Crippen LogP contribution is 2.28. The van der Waals surface area contributed by atoms with Crippen LogP contribution in [0.15, 0.2) is 51.7 Å². The van der Waals surface area contributed by atoms with Gasteiger partial charge in [-0.2, -0.15) is 0 Å². The number of hydrogen-bond acceptors (Lipinski definition) is 6. The number of H-pyrrole nitrogens is 1. The Labute approximate surface area is 159 Å². The monoisotopic (exact) mass is 385 g/mol. The number of carbonyl (C=O) groups is 2. The van der Waals surface area contributed by atoms with E-state index in [4.69, 9.17) is 14.9 Å². The van der Waals surface area contributed by atoms with E-state index in [0.717, 1.165) is 5.56 Å². The maximum absolute atomic E-state index is 12.8. The van der Waals surface area contributed by atoms with Gasteiger partial charge in [-0.05, 0) is 17.7 Å². The molecule has 0 radical (unpaired) electrons. The van der Waals surface area contributed by atoms with Gasteiger partial charge in [0.15, 0.2) is 11.3 Å². The van der Waals surface area contributed by atoms with Crippen LogP contribution in [0, 0.1) is 0 Å². The Bertz CT molecular complexity index is 1040. The molecule has 1 aromatic heterocycles. The van der Waals surface area contributed by atoms with E-state index in [1.165, 1.54) is 12.1 Å². The molecule has 3 rings (SSSR count). The first-order valence-corrected chi connectivity index (χ1v) is 8.56. The second kappa shape index (κ2) is 8.40. The quantitative estimate of drug-likeness (QED) is 0.450. The van der Waals surface area contributed by atoms with Crippen LogP contribution in [-0.2, 0) is 11.2 Å². The van der Waals surface area contributed by atoms with Crippen LogP contribution in [0.1, 0.15) is 15.9 Å². The number of carbonyl (C=O) groups excluding carboxylic acids is 1. The number of aromatic amines is 1. The van der Waals surface area contributed by atoms with Gasteiger partial charge >= 0.3 is 11.7 Å². The third kappa shape index (κ3) is 4.21. The van der Waals surface area contributed by atoms with Crippen molar-refractivity contribution in [3.05, 3.63) is 64.1 Å². The third-order valence-corrected chi connectivity index (χ3v) is 4.04. The lowest BCUT2D eigenvalue weighted by atomic mass is 10.1. The number of nitrogens with two attached hydrogens (primary N) is 1. The number of benzene rings is 2. The number of rotatable bonds is 8. The Morgan fingerprint density at radius 3 is 2.64 bits per heavy atom. The highest BCUT2D eigenvalue weighted by molar-refractivity contribution is 6.03. The smallest absolute Gasteiger partial charge is 0.417 e. The summed E-state index contributed by atoms with van der Waals surface area (Å²) >= 11 is 0. The van der Waals surface area contributed by atoms with E-state index in [2.05, 4.69) is 10.3 Å². The van der Waals surface area contributed by atoms with Crippen LogP contribution in [0.3, 0.4) is 0 Å². The maximum atomic E-state index is 12.8. The highest BCUT2D eigenvalue weighted by Gasteiger charge is 2.25. The number of carboxylic acid groups (broad SMARTS) is 1. The number of oxazole rings is 1.